The van der Waals surface area contributed by atoms with Gasteiger partial charge in [-0.1, -0.05) is 54.6 Å². The van der Waals surface area contributed by atoms with Crippen molar-refractivity contribution in [1.29, 1.82) is 5.26 Å². The van der Waals surface area contributed by atoms with Gasteiger partial charge < -0.3 is 25.2 Å². The lowest BCUT2D eigenvalue weighted by molar-refractivity contribution is 0.0918. The Bertz CT molecular complexity index is 1770. The van der Waals surface area contributed by atoms with Gasteiger partial charge in [0.15, 0.2) is 0 Å². The van der Waals surface area contributed by atoms with Crippen molar-refractivity contribution in [2.75, 3.05) is 23.7 Å². The number of hydrogen-bond acceptors (Lipinski definition) is 5. The van der Waals surface area contributed by atoms with Crippen LogP contribution in [0.1, 0.15) is 57.1 Å². The van der Waals surface area contributed by atoms with Gasteiger partial charge in [-0.05, 0) is 84.0 Å². The summed E-state index contributed by atoms with van der Waals surface area (Å²) in [6.07, 6.45) is 1.98. The van der Waals surface area contributed by atoms with E-state index in [4.69, 9.17) is 4.74 Å². The van der Waals surface area contributed by atoms with Crippen molar-refractivity contribution < 1.29 is 19.1 Å². The number of benzene rings is 4. The van der Waals surface area contributed by atoms with Crippen LogP contribution in [0.15, 0.2) is 97.1 Å². The highest BCUT2D eigenvalue weighted by atomic mass is 16.6. The quantitative estimate of drug-likeness (QED) is 0.251. The first-order chi connectivity index (χ1) is 22.0. The lowest BCUT2D eigenvalue weighted by Gasteiger charge is -2.28. The fourth-order valence-corrected chi connectivity index (χ4v) is 5.91. The predicted molar refractivity (Wildman–Crippen MR) is 170 cm³/mol. The first kappa shape index (κ1) is 29.5. The number of rotatable bonds is 6. The predicted octanol–water partition coefficient (Wildman–Crippen LogP) is 6.87. The number of fused-ring (bicyclic) bond motifs is 1. The molecule has 1 unspecified atom stereocenters. The van der Waals surface area contributed by atoms with Crippen LogP contribution in [0, 0.1) is 11.3 Å². The normalized spacial score (nSPS) is 15.5. The Morgan fingerprint density at radius 2 is 1.67 bits per heavy atom. The zero-order valence-corrected chi connectivity index (χ0v) is 24.7. The second-order valence-electron chi connectivity index (χ2n) is 11.2. The first-order valence-corrected chi connectivity index (χ1v) is 15.0. The topological polar surface area (TPSA) is 115 Å². The van der Waals surface area contributed by atoms with Gasteiger partial charge in [0.05, 0.1) is 17.7 Å². The number of nitrogens with zero attached hydrogens (tertiary/aromatic N) is 3. The van der Waals surface area contributed by atoms with E-state index >= 15 is 0 Å². The maximum atomic E-state index is 13.3. The second-order valence-corrected chi connectivity index (χ2v) is 11.2. The Morgan fingerprint density at radius 3 is 2.51 bits per heavy atom. The summed E-state index contributed by atoms with van der Waals surface area (Å²) in [5, 5.41) is 15.1. The van der Waals surface area contributed by atoms with Crippen LogP contribution in [0.2, 0.25) is 0 Å². The van der Waals surface area contributed by atoms with E-state index in [1.807, 2.05) is 66.7 Å². The Kier molecular flexibility index (Phi) is 8.74. The highest BCUT2D eigenvalue weighted by Gasteiger charge is 2.30. The Balaban J connectivity index is 1.09. The lowest BCUT2D eigenvalue weighted by Crippen LogP contribution is -2.36. The molecule has 4 aromatic rings. The summed E-state index contributed by atoms with van der Waals surface area (Å²) in [5.74, 6) is -0.256. The molecule has 0 bridgehead atoms. The van der Waals surface area contributed by atoms with Crippen LogP contribution in [0.3, 0.4) is 0 Å². The maximum absolute atomic E-state index is 13.3. The van der Waals surface area contributed by atoms with Crippen LogP contribution < -0.4 is 10.6 Å². The third kappa shape index (κ3) is 6.97. The van der Waals surface area contributed by atoms with Crippen LogP contribution in [0.4, 0.5) is 21.0 Å². The summed E-state index contributed by atoms with van der Waals surface area (Å²) >= 11 is 0. The van der Waals surface area contributed by atoms with Gasteiger partial charge in [0.25, 0.3) is 5.91 Å². The third-order valence-electron chi connectivity index (χ3n) is 8.23. The number of nitrogens with one attached hydrogen (secondary N) is 2. The summed E-state index contributed by atoms with van der Waals surface area (Å²) < 4.78 is 5.53. The van der Waals surface area contributed by atoms with Gasteiger partial charge in [0, 0.05) is 36.6 Å². The summed E-state index contributed by atoms with van der Waals surface area (Å²) in [6.45, 7) is 1.79. The van der Waals surface area contributed by atoms with E-state index in [0.717, 1.165) is 35.1 Å². The molecule has 2 aliphatic heterocycles. The van der Waals surface area contributed by atoms with Gasteiger partial charge in [0.2, 0.25) is 0 Å². The Morgan fingerprint density at radius 1 is 0.844 bits per heavy atom. The number of carbonyl (C=O) groups is 3. The molecule has 0 saturated carbocycles. The molecule has 1 fully saturated rings. The average Bonchev–Trinajstić information content (AvgIpc) is 3.58. The molecule has 4 amide bonds. The molecule has 4 aromatic carbocycles. The smallest absolute Gasteiger partial charge is 0.410 e. The third-order valence-corrected chi connectivity index (χ3v) is 8.23. The molecule has 6 rings (SSSR count). The van der Waals surface area contributed by atoms with Crippen LogP contribution in [-0.4, -0.2) is 40.9 Å². The van der Waals surface area contributed by atoms with Gasteiger partial charge in [0.1, 0.15) is 6.61 Å². The average molecular weight is 600 g/mol. The molecule has 1 atom stereocenters. The molecule has 9 heteroatoms. The minimum atomic E-state index is -0.360. The highest BCUT2D eigenvalue weighted by Crippen LogP contribution is 2.33. The van der Waals surface area contributed by atoms with Gasteiger partial charge in [-0.15, -0.1) is 0 Å². The number of amides is 4. The molecule has 9 nitrogen and oxygen atoms in total. The van der Waals surface area contributed by atoms with Crippen LogP contribution in [-0.2, 0) is 24.3 Å². The van der Waals surface area contributed by atoms with Crippen molar-refractivity contribution in [3.63, 3.8) is 0 Å². The number of likely N-dealkylation sites (tertiary alicyclic amines) is 1. The van der Waals surface area contributed by atoms with Crippen molar-refractivity contribution in [2.45, 2.75) is 38.5 Å². The van der Waals surface area contributed by atoms with Crippen molar-refractivity contribution in [2.24, 2.45) is 0 Å². The zero-order valence-electron chi connectivity index (χ0n) is 24.7. The molecule has 45 heavy (non-hydrogen) atoms. The van der Waals surface area contributed by atoms with E-state index < -0.39 is 0 Å². The summed E-state index contributed by atoms with van der Waals surface area (Å²) in [4.78, 5) is 42.7. The molecular weight excluding hydrogens is 566 g/mol. The number of carbonyl (C=O) groups excluding carboxylic acids is 3. The minimum absolute atomic E-state index is 0.173. The number of nitriles is 1. The maximum Gasteiger partial charge on any atom is 0.410 e. The van der Waals surface area contributed by atoms with Crippen LogP contribution >= 0.6 is 0 Å². The van der Waals surface area contributed by atoms with Gasteiger partial charge in [-0.25, -0.2) is 9.59 Å². The lowest BCUT2D eigenvalue weighted by atomic mass is 9.99. The fourth-order valence-electron chi connectivity index (χ4n) is 5.91. The van der Waals surface area contributed by atoms with E-state index in [1.165, 1.54) is 0 Å². The molecule has 0 aromatic heterocycles. The molecule has 2 N–H and O–H groups in total. The summed E-state index contributed by atoms with van der Waals surface area (Å²) in [7, 11) is 0. The fraction of sp³-hybridized carbons (Fsp3) is 0.222. The molecule has 2 aliphatic rings. The number of ether oxygens (including phenoxy) is 1. The van der Waals surface area contributed by atoms with E-state index in [0.29, 0.717) is 48.6 Å². The molecule has 0 radical (unpaired) electrons. The minimum Gasteiger partial charge on any atom is -0.445 e. The van der Waals surface area contributed by atoms with Crippen LogP contribution in [0.25, 0.3) is 0 Å². The molecule has 2 heterocycles. The van der Waals surface area contributed by atoms with E-state index in [2.05, 4.69) is 16.7 Å². The van der Waals surface area contributed by atoms with Gasteiger partial charge >= 0.3 is 12.1 Å². The number of hydrogen-bond donors (Lipinski definition) is 2. The zero-order chi connectivity index (χ0) is 31.2. The van der Waals surface area contributed by atoms with Gasteiger partial charge in [-0.2, -0.15) is 5.26 Å². The molecular formula is C36H33N5O4. The summed E-state index contributed by atoms with van der Waals surface area (Å²) in [5.41, 5.74) is 6.10. The van der Waals surface area contributed by atoms with Crippen molar-refractivity contribution in [1.82, 2.24) is 9.80 Å². The van der Waals surface area contributed by atoms with Crippen molar-refractivity contribution >= 4 is 29.4 Å². The molecule has 1 saturated heterocycles. The van der Waals surface area contributed by atoms with Crippen molar-refractivity contribution in [3.8, 4) is 6.07 Å². The van der Waals surface area contributed by atoms with E-state index in [-0.39, 0.29) is 30.7 Å². The number of urea groups is 1. The number of anilines is 2. The van der Waals surface area contributed by atoms with Gasteiger partial charge in [-0.3, -0.25) is 4.79 Å². The van der Waals surface area contributed by atoms with E-state index in [9.17, 15) is 19.6 Å². The molecule has 0 spiro atoms. The molecule has 226 valence electrons. The monoisotopic (exact) mass is 599 g/mol. The van der Waals surface area contributed by atoms with Crippen molar-refractivity contribution in [3.05, 3.63) is 130 Å². The highest BCUT2D eigenvalue weighted by molar-refractivity contribution is 6.04. The Hall–Kier alpha value is -5.62. The SMILES string of the molecule is N#Cc1cccc(NC(=O)N2CCCC2c2cccc(C(=O)Nc3ccc4c(c3)CN(C(=O)OCc3ccccc3)CC4)c2)c1. The standard InChI is InChI=1S/C36H33N5O4/c37-22-26-9-4-12-31(19-26)39-35(43)41-17-6-13-33(41)28-10-5-11-29(20-28)34(42)38-32-15-14-27-16-18-40(23-30(27)21-32)36(44)45-24-25-7-2-1-3-8-25/h1-5,7-12,14-15,19-21,33H,6,13,16-18,23-24H2,(H,38,42)(H,39,43). The van der Waals surface area contributed by atoms with Crippen LogP contribution in [0.5, 0.6) is 0 Å². The first-order valence-electron chi connectivity index (χ1n) is 15.0. The second kappa shape index (κ2) is 13.3. The molecule has 0 aliphatic carbocycles. The summed E-state index contributed by atoms with van der Waals surface area (Å²) in [6, 6.07) is 31.2. The van der Waals surface area contributed by atoms with E-state index in [1.54, 1.807) is 40.1 Å². The largest absolute Gasteiger partial charge is 0.445 e. The Labute approximate surface area is 262 Å².